The molecule has 0 heterocycles. The van der Waals surface area contributed by atoms with Crippen molar-refractivity contribution in [2.45, 2.75) is 19.3 Å². The molecular weight excluding hydrogens is 344 g/mol. The number of halogens is 1. The topological polar surface area (TPSA) is 81.5 Å². The van der Waals surface area contributed by atoms with Crippen LogP contribution < -0.4 is 10.1 Å². The number of nitrogens with zero attached hydrogens (tertiary/aromatic N) is 1. The molecule has 2 rings (SSSR count). The van der Waals surface area contributed by atoms with E-state index in [9.17, 15) is 14.9 Å². The number of benzene rings is 2. The van der Waals surface area contributed by atoms with Crippen LogP contribution >= 0.6 is 11.6 Å². The lowest BCUT2D eigenvalue weighted by atomic mass is 9.84. The smallest absolute Gasteiger partial charge is 0.269 e. The van der Waals surface area contributed by atoms with Gasteiger partial charge in [0.1, 0.15) is 5.75 Å². The molecule has 6 nitrogen and oxygen atoms in total. The van der Waals surface area contributed by atoms with Gasteiger partial charge in [0, 0.05) is 29.1 Å². The van der Waals surface area contributed by atoms with E-state index in [-0.39, 0.29) is 23.6 Å². The first kappa shape index (κ1) is 18.7. The van der Waals surface area contributed by atoms with E-state index in [2.05, 4.69) is 5.32 Å². The molecule has 132 valence electrons. The highest BCUT2D eigenvalue weighted by molar-refractivity contribution is 6.30. The average molecular weight is 363 g/mol. The molecule has 2 aromatic rings. The normalized spacial score (nSPS) is 11.0. The minimum Gasteiger partial charge on any atom is -0.484 e. The molecule has 0 unspecified atom stereocenters. The average Bonchev–Trinajstić information content (AvgIpc) is 2.59. The number of hydrogen-bond acceptors (Lipinski definition) is 4. The Morgan fingerprint density at radius 1 is 1.16 bits per heavy atom. The number of nitro benzene ring substituents is 1. The largest absolute Gasteiger partial charge is 0.484 e. The molecule has 0 atom stereocenters. The predicted octanol–water partition coefficient (Wildman–Crippen LogP) is 3.72. The van der Waals surface area contributed by atoms with Crippen LogP contribution in [-0.4, -0.2) is 24.0 Å². The van der Waals surface area contributed by atoms with Crippen LogP contribution in [0.4, 0.5) is 5.69 Å². The molecule has 0 aromatic heterocycles. The van der Waals surface area contributed by atoms with Crippen LogP contribution in [0.3, 0.4) is 0 Å². The van der Waals surface area contributed by atoms with Gasteiger partial charge in [-0.3, -0.25) is 14.9 Å². The van der Waals surface area contributed by atoms with Gasteiger partial charge in [-0.15, -0.1) is 0 Å². The molecule has 0 bridgehead atoms. The van der Waals surface area contributed by atoms with Crippen molar-refractivity contribution < 1.29 is 14.5 Å². The van der Waals surface area contributed by atoms with Crippen LogP contribution in [0.2, 0.25) is 5.02 Å². The summed E-state index contributed by atoms with van der Waals surface area (Å²) in [5.74, 6) is 0.137. The highest BCUT2D eigenvalue weighted by Crippen LogP contribution is 2.24. The molecule has 0 fully saturated rings. The summed E-state index contributed by atoms with van der Waals surface area (Å²) in [6.07, 6.45) is 0. The Morgan fingerprint density at radius 2 is 1.76 bits per heavy atom. The molecule has 0 aliphatic carbocycles. The molecule has 0 saturated carbocycles. The van der Waals surface area contributed by atoms with E-state index in [0.29, 0.717) is 17.3 Å². The van der Waals surface area contributed by atoms with Gasteiger partial charge in [-0.25, -0.2) is 0 Å². The summed E-state index contributed by atoms with van der Waals surface area (Å²) in [5.41, 5.74) is 0.781. The van der Waals surface area contributed by atoms with Crippen molar-refractivity contribution in [3.8, 4) is 5.75 Å². The molecule has 25 heavy (non-hydrogen) atoms. The predicted molar refractivity (Wildman–Crippen MR) is 96.1 cm³/mol. The lowest BCUT2D eigenvalue weighted by Crippen LogP contribution is -2.38. The lowest BCUT2D eigenvalue weighted by Gasteiger charge is -2.25. The highest BCUT2D eigenvalue weighted by Gasteiger charge is 2.21. The summed E-state index contributed by atoms with van der Waals surface area (Å²) >= 11 is 5.89. The minimum absolute atomic E-state index is 0.0264. The Kier molecular flexibility index (Phi) is 5.98. The fourth-order valence-corrected chi connectivity index (χ4v) is 2.31. The Hall–Kier alpha value is -2.60. The van der Waals surface area contributed by atoms with Crippen LogP contribution in [0, 0.1) is 10.1 Å². The molecule has 1 N–H and O–H groups in total. The maximum Gasteiger partial charge on any atom is 0.269 e. The highest BCUT2D eigenvalue weighted by atomic mass is 35.5. The molecule has 0 aliphatic heterocycles. The number of hydrogen-bond donors (Lipinski definition) is 1. The van der Waals surface area contributed by atoms with Gasteiger partial charge in [0.15, 0.2) is 6.61 Å². The van der Waals surface area contributed by atoms with E-state index in [4.69, 9.17) is 16.3 Å². The Balaban J connectivity index is 1.83. The minimum atomic E-state index is -0.491. The van der Waals surface area contributed by atoms with Crippen LogP contribution in [-0.2, 0) is 10.2 Å². The molecule has 0 saturated heterocycles. The molecule has 1 amide bonds. The third-order valence-electron chi connectivity index (χ3n) is 3.77. The molecular formula is C18H19ClN2O4. The van der Waals surface area contributed by atoms with Gasteiger partial charge < -0.3 is 10.1 Å². The van der Waals surface area contributed by atoms with E-state index in [0.717, 1.165) is 5.56 Å². The van der Waals surface area contributed by atoms with Crippen molar-refractivity contribution >= 4 is 23.2 Å². The second kappa shape index (κ2) is 7.98. The molecule has 2 aromatic carbocycles. The Bertz CT molecular complexity index is 743. The number of nitrogens with one attached hydrogen (secondary N) is 1. The zero-order valence-corrected chi connectivity index (χ0v) is 14.7. The van der Waals surface area contributed by atoms with Crippen LogP contribution in [0.25, 0.3) is 0 Å². The Morgan fingerprint density at radius 3 is 2.32 bits per heavy atom. The van der Waals surface area contributed by atoms with Gasteiger partial charge in [-0.2, -0.15) is 0 Å². The first-order valence-electron chi connectivity index (χ1n) is 7.68. The number of rotatable bonds is 7. The third kappa shape index (κ3) is 5.46. The van der Waals surface area contributed by atoms with Crippen LogP contribution in [0.5, 0.6) is 5.75 Å². The van der Waals surface area contributed by atoms with E-state index >= 15 is 0 Å². The summed E-state index contributed by atoms with van der Waals surface area (Å²) in [6.45, 7) is 4.33. The standard InChI is InChI=1S/C18H19ClN2O4/c1-18(2,13-3-5-14(19)6-4-13)12-20-17(22)11-25-16-9-7-15(8-10-16)21(23)24/h3-10H,11-12H2,1-2H3,(H,20,22). The van der Waals surface area contributed by atoms with Gasteiger partial charge in [0.2, 0.25) is 0 Å². The lowest BCUT2D eigenvalue weighted by molar-refractivity contribution is -0.384. The first-order chi connectivity index (χ1) is 11.8. The summed E-state index contributed by atoms with van der Waals surface area (Å²) in [5, 5.41) is 14.1. The van der Waals surface area contributed by atoms with E-state index in [1.54, 1.807) is 0 Å². The summed E-state index contributed by atoms with van der Waals surface area (Å²) < 4.78 is 5.34. The van der Waals surface area contributed by atoms with Crippen molar-refractivity contribution in [3.63, 3.8) is 0 Å². The maximum absolute atomic E-state index is 12.0. The van der Waals surface area contributed by atoms with Crippen molar-refractivity contribution in [3.05, 3.63) is 69.2 Å². The van der Waals surface area contributed by atoms with Crippen LogP contribution in [0.15, 0.2) is 48.5 Å². The molecule has 7 heteroatoms. The Labute approximate surface area is 150 Å². The number of amides is 1. The molecule has 0 radical (unpaired) electrons. The summed E-state index contributed by atoms with van der Waals surface area (Å²) in [6, 6.07) is 13.1. The van der Waals surface area contributed by atoms with E-state index < -0.39 is 4.92 Å². The summed E-state index contributed by atoms with van der Waals surface area (Å²) in [4.78, 5) is 22.1. The van der Waals surface area contributed by atoms with Crippen molar-refractivity contribution in [2.24, 2.45) is 0 Å². The van der Waals surface area contributed by atoms with Gasteiger partial charge in [-0.05, 0) is 29.8 Å². The number of carbonyl (C=O) groups is 1. The second-order valence-electron chi connectivity index (χ2n) is 6.21. The monoisotopic (exact) mass is 362 g/mol. The van der Waals surface area contributed by atoms with Gasteiger partial charge >= 0.3 is 0 Å². The van der Waals surface area contributed by atoms with E-state index in [1.165, 1.54) is 24.3 Å². The number of non-ortho nitro benzene ring substituents is 1. The fourth-order valence-electron chi connectivity index (χ4n) is 2.19. The second-order valence-corrected chi connectivity index (χ2v) is 6.64. The van der Waals surface area contributed by atoms with Gasteiger partial charge in [0.25, 0.3) is 11.6 Å². The molecule has 0 spiro atoms. The molecule has 0 aliphatic rings. The van der Waals surface area contributed by atoms with Crippen molar-refractivity contribution in [2.75, 3.05) is 13.2 Å². The SMILES string of the molecule is CC(C)(CNC(=O)COc1ccc([N+](=O)[O-])cc1)c1ccc(Cl)cc1. The van der Waals surface area contributed by atoms with Gasteiger partial charge in [-0.1, -0.05) is 37.6 Å². The zero-order valence-electron chi connectivity index (χ0n) is 14.0. The summed E-state index contributed by atoms with van der Waals surface area (Å²) in [7, 11) is 0. The maximum atomic E-state index is 12.0. The van der Waals surface area contributed by atoms with Crippen LogP contribution in [0.1, 0.15) is 19.4 Å². The van der Waals surface area contributed by atoms with Gasteiger partial charge in [0.05, 0.1) is 4.92 Å². The zero-order chi connectivity index (χ0) is 18.4. The number of nitro groups is 1. The van der Waals surface area contributed by atoms with Crippen molar-refractivity contribution in [1.82, 2.24) is 5.32 Å². The quantitative estimate of drug-likeness (QED) is 0.601. The first-order valence-corrected chi connectivity index (χ1v) is 8.06. The number of ether oxygens (including phenoxy) is 1. The number of carbonyl (C=O) groups excluding carboxylic acids is 1. The third-order valence-corrected chi connectivity index (χ3v) is 4.02. The van der Waals surface area contributed by atoms with E-state index in [1.807, 2.05) is 38.1 Å². The fraction of sp³-hybridized carbons (Fsp3) is 0.278. The van der Waals surface area contributed by atoms with Crippen molar-refractivity contribution in [1.29, 1.82) is 0 Å².